The number of carbonyl (C=O) groups is 1. The van der Waals surface area contributed by atoms with Crippen molar-refractivity contribution in [2.24, 2.45) is 0 Å². The van der Waals surface area contributed by atoms with Gasteiger partial charge in [0.05, 0.1) is 17.0 Å². The monoisotopic (exact) mass is 423 g/mol. The van der Waals surface area contributed by atoms with Crippen LogP contribution in [-0.2, 0) is 6.54 Å². The molecule has 1 N–H and O–H groups in total. The highest BCUT2D eigenvalue weighted by atomic mass is 35.5. The molecule has 0 aliphatic heterocycles. The Labute approximate surface area is 175 Å². The van der Waals surface area contributed by atoms with Crippen molar-refractivity contribution in [1.29, 1.82) is 5.26 Å². The summed E-state index contributed by atoms with van der Waals surface area (Å²) in [6.07, 6.45) is 0. The number of nitrogens with zero attached hydrogens (tertiary/aromatic N) is 3. The van der Waals surface area contributed by atoms with Gasteiger partial charge < -0.3 is 5.11 Å². The molecule has 0 bridgehead atoms. The molecular weight excluding hydrogens is 410 g/mol. The van der Waals surface area contributed by atoms with Crippen molar-refractivity contribution in [3.05, 3.63) is 102 Å². The molecule has 0 amide bonds. The molecular formula is C21H14ClN3O5. The van der Waals surface area contributed by atoms with Crippen LogP contribution < -0.4 is 5.56 Å². The van der Waals surface area contributed by atoms with Crippen LogP contribution in [0.25, 0.3) is 0 Å². The van der Waals surface area contributed by atoms with Crippen molar-refractivity contribution in [2.75, 3.05) is 0 Å². The first-order valence-corrected chi connectivity index (χ1v) is 9.03. The number of carbonyl (C=O) groups excluding carboxylic acids is 1. The first-order valence-electron chi connectivity index (χ1n) is 8.65. The quantitative estimate of drug-likeness (QED) is 0.379. The predicted octanol–water partition coefficient (Wildman–Crippen LogP) is 3.57. The maximum atomic E-state index is 13.0. The number of aromatic hydroxyl groups is 1. The second-order valence-corrected chi connectivity index (χ2v) is 6.83. The van der Waals surface area contributed by atoms with Crippen molar-refractivity contribution < 1.29 is 14.8 Å². The number of hydrogen-bond donors (Lipinski definition) is 1. The van der Waals surface area contributed by atoms with Crippen LogP contribution in [0.2, 0.25) is 5.02 Å². The number of non-ortho nitro benzene ring substituents is 1. The van der Waals surface area contributed by atoms with E-state index in [0.29, 0.717) is 10.6 Å². The summed E-state index contributed by atoms with van der Waals surface area (Å²) in [5.74, 6) is -1.29. The summed E-state index contributed by atoms with van der Waals surface area (Å²) in [6, 6.07) is 13.3. The fourth-order valence-corrected chi connectivity index (χ4v) is 3.24. The Bertz CT molecular complexity index is 1270. The molecule has 0 fully saturated rings. The van der Waals surface area contributed by atoms with Crippen LogP contribution in [0.4, 0.5) is 5.69 Å². The highest BCUT2D eigenvalue weighted by molar-refractivity contribution is 6.31. The number of halogens is 1. The van der Waals surface area contributed by atoms with Gasteiger partial charge >= 0.3 is 0 Å². The number of nitro benzene ring substituents is 1. The Kier molecular flexibility index (Phi) is 5.67. The summed E-state index contributed by atoms with van der Waals surface area (Å²) >= 11 is 6.14. The zero-order chi connectivity index (χ0) is 22.0. The maximum absolute atomic E-state index is 13.0. The van der Waals surface area contributed by atoms with E-state index in [-0.39, 0.29) is 34.5 Å². The third kappa shape index (κ3) is 3.66. The molecule has 0 saturated carbocycles. The molecule has 150 valence electrons. The van der Waals surface area contributed by atoms with Crippen LogP contribution in [0.1, 0.15) is 32.6 Å². The minimum atomic E-state index is -0.757. The Hall–Kier alpha value is -3.96. The summed E-state index contributed by atoms with van der Waals surface area (Å²) in [4.78, 5) is 36.0. The molecule has 9 heteroatoms. The number of nitro groups is 1. The van der Waals surface area contributed by atoms with Gasteiger partial charge in [-0.1, -0.05) is 29.8 Å². The fourth-order valence-electron chi connectivity index (χ4n) is 3.05. The Balaban J connectivity index is 2.18. The SMILES string of the molecule is Cc1c(C(=O)c2ccc([N+](=O)[O-])cc2)c(O)n(Cc2ccccc2Cl)c(=O)c1C#N. The zero-order valence-electron chi connectivity index (χ0n) is 15.6. The number of benzene rings is 2. The van der Waals surface area contributed by atoms with Crippen LogP contribution in [-0.4, -0.2) is 20.4 Å². The number of rotatable bonds is 5. The van der Waals surface area contributed by atoms with E-state index in [2.05, 4.69) is 0 Å². The summed E-state index contributed by atoms with van der Waals surface area (Å²) in [5.41, 5.74) is -0.874. The van der Waals surface area contributed by atoms with Crippen molar-refractivity contribution in [3.8, 4) is 11.9 Å². The second-order valence-electron chi connectivity index (χ2n) is 6.43. The smallest absolute Gasteiger partial charge is 0.271 e. The first-order chi connectivity index (χ1) is 14.3. The van der Waals surface area contributed by atoms with Crippen molar-refractivity contribution in [2.45, 2.75) is 13.5 Å². The van der Waals surface area contributed by atoms with Gasteiger partial charge in [0.15, 0.2) is 5.78 Å². The molecule has 8 nitrogen and oxygen atoms in total. The van der Waals surface area contributed by atoms with Gasteiger partial charge in [0.25, 0.3) is 11.2 Å². The van der Waals surface area contributed by atoms with Crippen LogP contribution in [0.15, 0.2) is 53.3 Å². The number of aromatic nitrogens is 1. The summed E-state index contributed by atoms with van der Waals surface area (Å²) in [7, 11) is 0. The van der Waals surface area contributed by atoms with Gasteiger partial charge in [-0.2, -0.15) is 5.26 Å². The van der Waals surface area contributed by atoms with Gasteiger partial charge in [-0.05, 0) is 36.2 Å². The van der Waals surface area contributed by atoms with Crippen LogP contribution in [0, 0.1) is 28.4 Å². The average molecular weight is 424 g/mol. The van der Waals surface area contributed by atoms with E-state index in [1.807, 2.05) is 0 Å². The van der Waals surface area contributed by atoms with Gasteiger partial charge in [-0.3, -0.25) is 24.3 Å². The highest BCUT2D eigenvalue weighted by Crippen LogP contribution is 2.27. The number of hydrogen-bond acceptors (Lipinski definition) is 6. The fraction of sp³-hybridized carbons (Fsp3) is 0.0952. The minimum Gasteiger partial charge on any atom is -0.494 e. The predicted molar refractivity (Wildman–Crippen MR) is 109 cm³/mol. The second kappa shape index (κ2) is 8.19. The standard InChI is InChI=1S/C21H14ClN3O5/c1-12-16(10-23)20(27)24(11-14-4-2-3-5-17(14)22)21(28)18(12)19(26)13-6-8-15(9-7-13)25(29)30/h2-9,28H,11H2,1H3. The summed E-state index contributed by atoms with van der Waals surface area (Å²) < 4.78 is 0.908. The van der Waals surface area contributed by atoms with Crippen LogP contribution >= 0.6 is 11.6 Å². The molecule has 1 aromatic heterocycles. The van der Waals surface area contributed by atoms with E-state index in [4.69, 9.17) is 11.6 Å². The topological polar surface area (TPSA) is 126 Å². The lowest BCUT2D eigenvalue weighted by molar-refractivity contribution is -0.384. The molecule has 3 aromatic rings. The molecule has 0 atom stereocenters. The highest BCUT2D eigenvalue weighted by Gasteiger charge is 2.25. The van der Waals surface area contributed by atoms with E-state index < -0.39 is 22.1 Å². The normalized spacial score (nSPS) is 10.4. The van der Waals surface area contributed by atoms with Gasteiger partial charge in [0.2, 0.25) is 5.88 Å². The van der Waals surface area contributed by atoms with Gasteiger partial charge in [0, 0.05) is 22.7 Å². The van der Waals surface area contributed by atoms with Crippen molar-refractivity contribution in [1.82, 2.24) is 4.57 Å². The van der Waals surface area contributed by atoms with E-state index in [1.54, 1.807) is 30.3 Å². The van der Waals surface area contributed by atoms with Crippen LogP contribution in [0.5, 0.6) is 5.88 Å². The number of nitriles is 1. The van der Waals surface area contributed by atoms with Gasteiger partial charge in [-0.25, -0.2) is 0 Å². The lowest BCUT2D eigenvalue weighted by Gasteiger charge is -2.16. The van der Waals surface area contributed by atoms with E-state index in [1.165, 1.54) is 19.1 Å². The van der Waals surface area contributed by atoms with Gasteiger partial charge in [-0.15, -0.1) is 0 Å². The van der Waals surface area contributed by atoms with Crippen molar-refractivity contribution >= 4 is 23.1 Å². The molecule has 3 rings (SSSR count). The molecule has 0 radical (unpaired) electrons. The Morgan fingerprint density at radius 3 is 2.43 bits per heavy atom. The molecule has 0 spiro atoms. The average Bonchev–Trinajstić information content (AvgIpc) is 2.72. The zero-order valence-corrected chi connectivity index (χ0v) is 16.4. The maximum Gasteiger partial charge on any atom is 0.271 e. The van der Waals surface area contributed by atoms with Gasteiger partial charge in [0.1, 0.15) is 11.6 Å². The molecule has 0 saturated heterocycles. The molecule has 30 heavy (non-hydrogen) atoms. The van der Waals surface area contributed by atoms with E-state index in [0.717, 1.165) is 16.7 Å². The van der Waals surface area contributed by atoms with E-state index >= 15 is 0 Å². The largest absolute Gasteiger partial charge is 0.494 e. The third-order valence-electron chi connectivity index (χ3n) is 4.65. The molecule has 1 heterocycles. The molecule has 0 aliphatic carbocycles. The number of ketones is 1. The molecule has 0 unspecified atom stereocenters. The van der Waals surface area contributed by atoms with Crippen molar-refractivity contribution in [3.63, 3.8) is 0 Å². The third-order valence-corrected chi connectivity index (χ3v) is 5.02. The Morgan fingerprint density at radius 2 is 1.87 bits per heavy atom. The summed E-state index contributed by atoms with van der Waals surface area (Å²) in [5, 5.41) is 31.4. The molecule has 0 aliphatic rings. The lowest BCUT2D eigenvalue weighted by Crippen LogP contribution is -2.27. The van der Waals surface area contributed by atoms with E-state index in [9.17, 15) is 30.1 Å². The first kappa shape index (κ1) is 20.8. The summed E-state index contributed by atoms with van der Waals surface area (Å²) in [6.45, 7) is 1.23. The molecule has 2 aromatic carbocycles. The minimum absolute atomic E-state index is 0.0266. The lowest BCUT2D eigenvalue weighted by atomic mass is 9.97. The number of pyridine rings is 1. The Morgan fingerprint density at radius 1 is 1.23 bits per heavy atom. The van der Waals surface area contributed by atoms with Crippen LogP contribution in [0.3, 0.4) is 0 Å².